The van der Waals surface area contributed by atoms with E-state index in [0.717, 1.165) is 5.56 Å². The average molecular weight is 395 g/mol. The first kappa shape index (κ1) is 19.4. The van der Waals surface area contributed by atoms with Crippen LogP contribution in [0.4, 0.5) is 10.6 Å². The van der Waals surface area contributed by atoms with E-state index in [1.165, 1.54) is 11.3 Å². The molecule has 1 aromatic carbocycles. The first-order valence-electron chi connectivity index (χ1n) is 8.44. The van der Waals surface area contributed by atoms with Crippen LogP contribution in [0.25, 0.3) is 0 Å². The number of rotatable bonds is 5. The number of aliphatic hydroxyl groups is 1. The van der Waals surface area contributed by atoms with Crippen LogP contribution in [0, 0.1) is 23.7 Å². The zero-order valence-electron chi connectivity index (χ0n) is 14.8. The van der Waals surface area contributed by atoms with Crippen LogP contribution in [0.5, 0.6) is 0 Å². The van der Waals surface area contributed by atoms with E-state index in [0.29, 0.717) is 23.7 Å². The van der Waals surface area contributed by atoms with Crippen molar-refractivity contribution in [3.8, 4) is 18.4 Å². The molecule has 0 saturated carbocycles. The van der Waals surface area contributed by atoms with Gasteiger partial charge in [0.15, 0.2) is 5.01 Å². The summed E-state index contributed by atoms with van der Waals surface area (Å²) in [5, 5.41) is 25.6. The lowest BCUT2D eigenvalue weighted by Gasteiger charge is -2.41. The molecule has 1 atom stereocenters. The molecular weight excluding hydrogens is 378 g/mol. The predicted octanol–water partition coefficient (Wildman–Crippen LogP) is 1.10. The van der Waals surface area contributed by atoms with Crippen molar-refractivity contribution in [2.45, 2.75) is 12.0 Å². The quantitative estimate of drug-likeness (QED) is 0.655. The van der Waals surface area contributed by atoms with Gasteiger partial charge < -0.3 is 15.3 Å². The van der Waals surface area contributed by atoms with Crippen LogP contribution >= 0.6 is 11.3 Å². The van der Waals surface area contributed by atoms with E-state index in [9.17, 15) is 20.0 Å². The summed E-state index contributed by atoms with van der Waals surface area (Å²) in [5.74, 6) is 2.31. The summed E-state index contributed by atoms with van der Waals surface area (Å²) in [6, 6.07) is 7.69. The maximum absolute atomic E-state index is 12.5. The number of nitriles is 1. The Kier molecular flexibility index (Phi) is 5.90. The molecule has 3 N–H and O–H groups in total. The highest BCUT2D eigenvalue weighted by Gasteiger charge is 2.36. The summed E-state index contributed by atoms with van der Waals surface area (Å²) in [6.07, 6.45) is 5.23. The molecule has 9 heteroatoms. The molecule has 8 nitrogen and oxygen atoms in total. The molecule has 1 fully saturated rings. The van der Waals surface area contributed by atoms with Crippen LogP contribution in [0.2, 0.25) is 0 Å². The lowest BCUT2D eigenvalue weighted by Crippen LogP contribution is -2.57. The van der Waals surface area contributed by atoms with Gasteiger partial charge in [0.05, 0.1) is 18.2 Å². The number of hydrogen-bond acceptors (Lipinski definition) is 6. The van der Waals surface area contributed by atoms with Crippen molar-refractivity contribution in [3.05, 3.63) is 45.8 Å². The highest BCUT2D eigenvalue weighted by Crippen LogP contribution is 2.29. The molecule has 0 spiro atoms. The second-order valence-electron chi connectivity index (χ2n) is 6.16. The van der Waals surface area contributed by atoms with Crippen molar-refractivity contribution >= 4 is 29.1 Å². The number of likely N-dealkylation sites (tertiary alicyclic amines) is 1. The third-order valence-electron chi connectivity index (χ3n) is 4.37. The zero-order chi connectivity index (χ0) is 20.1. The third kappa shape index (κ3) is 4.12. The van der Waals surface area contributed by atoms with E-state index in [4.69, 9.17) is 6.42 Å². The highest BCUT2D eigenvalue weighted by atomic mass is 32.1. The molecule has 0 radical (unpaired) electrons. The Morgan fingerprint density at radius 1 is 1.43 bits per heavy atom. The van der Waals surface area contributed by atoms with Gasteiger partial charge in [-0.1, -0.05) is 18.2 Å². The second kappa shape index (κ2) is 8.53. The first-order chi connectivity index (χ1) is 13.5. The maximum atomic E-state index is 12.5. The van der Waals surface area contributed by atoms with E-state index in [-0.39, 0.29) is 17.6 Å². The molecule has 2 aromatic rings. The van der Waals surface area contributed by atoms with Gasteiger partial charge in [0.25, 0.3) is 0 Å². The molecule has 0 aliphatic carbocycles. The molecule has 2 heterocycles. The minimum atomic E-state index is -1.07. The number of aromatic nitrogens is 1. The molecule has 3 amide bonds. The van der Waals surface area contributed by atoms with Crippen LogP contribution in [0.1, 0.15) is 22.1 Å². The van der Waals surface area contributed by atoms with Crippen molar-refractivity contribution in [2.75, 3.05) is 25.0 Å². The second-order valence-corrected chi connectivity index (χ2v) is 7.01. The Hall–Kier alpha value is -3.40. The van der Waals surface area contributed by atoms with E-state index in [1.807, 2.05) is 12.1 Å². The van der Waals surface area contributed by atoms with Crippen molar-refractivity contribution in [1.82, 2.24) is 15.2 Å². The zero-order valence-corrected chi connectivity index (χ0v) is 15.6. The maximum Gasteiger partial charge on any atom is 0.321 e. The Bertz CT molecular complexity index is 968. The average Bonchev–Trinajstić information content (AvgIpc) is 3.12. The van der Waals surface area contributed by atoms with Gasteiger partial charge in [0, 0.05) is 24.4 Å². The molecule has 0 unspecified atom stereocenters. The van der Waals surface area contributed by atoms with Crippen LogP contribution in [-0.2, 0) is 4.79 Å². The number of terminal acetylenes is 1. The van der Waals surface area contributed by atoms with Crippen LogP contribution < -0.4 is 10.6 Å². The van der Waals surface area contributed by atoms with Gasteiger partial charge >= 0.3 is 6.03 Å². The van der Waals surface area contributed by atoms with Gasteiger partial charge in [-0.05, 0) is 17.6 Å². The summed E-state index contributed by atoms with van der Waals surface area (Å²) in [5.41, 5.74) is 1.48. The molecule has 0 bridgehead atoms. The summed E-state index contributed by atoms with van der Waals surface area (Å²) in [4.78, 5) is 30.1. The number of amides is 3. The Morgan fingerprint density at radius 2 is 2.18 bits per heavy atom. The fraction of sp³-hybridized carbons (Fsp3) is 0.263. The van der Waals surface area contributed by atoms with Gasteiger partial charge in [-0.25, -0.2) is 9.78 Å². The van der Waals surface area contributed by atoms with Gasteiger partial charge in [-0.2, -0.15) is 5.26 Å². The largest absolute Gasteiger partial charge is 0.394 e. The van der Waals surface area contributed by atoms with E-state index < -0.39 is 18.7 Å². The van der Waals surface area contributed by atoms with Crippen molar-refractivity contribution in [3.63, 3.8) is 0 Å². The number of thiazole rings is 1. The minimum Gasteiger partial charge on any atom is -0.394 e. The number of nitrogens with one attached hydrogen (secondary N) is 2. The molecule has 1 aliphatic heterocycles. The molecule has 142 valence electrons. The van der Waals surface area contributed by atoms with Crippen LogP contribution in [-0.4, -0.2) is 52.7 Å². The Balaban J connectivity index is 1.55. The smallest absolute Gasteiger partial charge is 0.321 e. The van der Waals surface area contributed by atoms with Crippen molar-refractivity contribution in [1.29, 1.82) is 5.26 Å². The van der Waals surface area contributed by atoms with Crippen LogP contribution in [0.3, 0.4) is 0 Å². The number of anilines is 1. The molecular formula is C19H17N5O3S. The summed E-state index contributed by atoms with van der Waals surface area (Å²) >= 11 is 1.20. The van der Waals surface area contributed by atoms with Gasteiger partial charge in [0.2, 0.25) is 5.91 Å². The number of carbonyl (C=O) groups is 2. The number of hydrogen-bond donors (Lipinski definition) is 3. The topological polar surface area (TPSA) is 118 Å². The Morgan fingerprint density at radius 3 is 2.82 bits per heavy atom. The minimum absolute atomic E-state index is 0.0603. The van der Waals surface area contributed by atoms with Gasteiger partial charge in [-0.15, -0.1) is 17.8 Å². The van der Waals surface area contributed by atoms with Crippen molar-refractivity contribution in [2.24, 2.45) is 0 Å². The normalized spacial score (nSPS) is 14.3. The van der Waals surface area contributed by atoms with Crippen molar-refractivity contribution < 1.29 is 14.7 Å². The van der Waals surface area contributed by atoms with E-state index in [1.54, 1.807) is 22.4 Å². The van der Waals surface area contributed by atoms with Gasteiger partial charge in [0.1, 0.15) is 11.9 Å². The fourth-order valence-electron chi connectivity index (χ4n) is 2.92. The van der Waals surface area contributed by atoms with Gasteiger partial charge in [-0.3, -0.25) is 10.1 Å². The number of carbonyl (C=O) groups excluding carboxylic acids is 2. The molecule has 1 aliphatic rings. The third-order valence-corrected chi connectivity index (χ3v) is 5.14. The number of urea groups is 1. The molecule has 1 aromatic heterocycles. The summed E-state index contributed by atoms with van der Waals surface area (Å²) < 4.78 is 0. The van der Waals surface area contributed by atoms with E-state index in [2.05, 4.69) is 27.6 Å². The lowest BCUT2D eigenvalue weighted by molar-refractivity contribution is -0.138. The number of aliphatic hydroxyl groups excluding tert-OH is 1. The number of nitrogens with zero attached hydrogens (tertiary/aromatic N) is 3. The summed E-state index contributed by atoms with van der Waals surface area (Å²) in [6.45, 7) is 0.318. The van der Waals surface area contributed by atoms with E-state index >= 15 is 0 Å². The lowest BCUT2D eigenvalue weighted by atomic mass is 9.88. The molecule has 3 rings (SSSR count). The first-order valence-corrected chi connectivity index (χ1v) is 9.32. The standard InChI is InChI=1S/C19H17N5O3S/c1-2-17-22-16(11-28-17)23-19(27)21-15(10-25)18(26)24-8-13(9-24)14-6-4-3-5-12(14)7-20/h1,3-6,11,13,15,25H,8-10H2,(H2,21,23,27)/t15-/m1/s1. The SMILES string of the molecule is C#Cc1nc(NC(=O)N[C@H](CO)C(=O)N2CC(c3ccccc3C#N)C2)cs1. The predicted molar refractivity (Wildman–Crippen MR) is 104 cm³/mol. The monoisotopic (exact) mass is 395 g/mol. The summed E-state index contributed by atoms with van der Waals surface area (Å²) in [7, 11) is 0. The highest BCUT2D eigenvalue weighted by molar-refractivity contribution is 7.10. The fourth-order valence-corrected chi connectivity index (χ4v) is 3.48. The molecule has 28 heavy (non-hydrogen) atoms. The molecule has 1 saturated heterocycles. The Labute approximate surface area is 165 Å². The number of benzene rings is 1. The van der Waals surface area contributed by atoms with Crippen LogP contribution in [0.15, 0.2) is 29.6 Å².